The van der Waals surface area contributed by atoms with Gasteiger partial charge in [0.05, 0.1) is 6.61 Å². The van der Waals surface area contributed by atoms with Gasteiger partial charge in [0.1, 0.15) is 0 Å². The van der Waals surface area contributed by atoms with Crippen molar-refractivity contribution in [2.24, 2.45) is 0 Å². The molecular formula is C4H6O2S2. The van der Waals surface area contributed by atoms with Crippen LogP contribution in [-0.2, 0) is 9.53 Å². The fourth-order valence-electron chi connectivity index (χ4n) is 0.504. The second-order valence-electron chi connectivity index (χ2n) is 1.70. The molecule has 1 fully saturated rings. The fourth-order valence-corrected chi connectivity index (χ4v) is 0.815. The van der Waals surface area contributed by atoms with Gasteiger partial charge in [-0.1, -0.05) is 0 Å². The van der Waals surface area contributed by atoms with Crippen molar-refractivity contribution in [2.45, 2.75) is 10.5 Å². The van der Waals surface area contributed by atoms with Gasteiger partial charge < -0.3 is 4.74 Å². The third-order valence-electron chi connectivity index (χ3n) is 1.01. The summed E-state index contributed by atoms with van der Waals surface area (Å²) in [7, 11) is 0. The lowest BCUT2D eigenvalue weighted by molar-refractivity contribution is -0.138. The highest BCUT2D eigenvalue weighted by molar-refractivity contribution is 8.02. The predicted molar refractivity (Wildman–Crippen MR) is 36.3 cm³/mol. The maximum absolute atomic E-state index is 10.5. The highest BCUT2D eigenvalue weighted by Gasteiger charge is 2.37. The maximum Gasteiger partial charge on any atom is 0.332 e. The number of esters is 1. The summed E-state index contributed by atoms with van der Waals surface area (Å²) in [4.78, 5) is 10.5. The van der Waals surface area contributed by atoms with Gasteiger partial charge in [-0.3, -0.25) is 0 Å². The number of carbonyl (C=O) groups excluding carboxylic acids is 1. The first-order chi connectivity index (χ1) is 3.63. The van der Waals surface area contributed by atoms with Gasteiger partial charge in [-0.15, -0.1) is 0 Å². The largest absolute Gasteiger partial charge is 0.464 e. The molecule has 0 atom stereocenters. The van der Waals surface area contributed by atoms with Crippen LogP contribution in [-0.4, -0.2) is 16.7 Å². The van der Waals surface area contributed by atoms with Gasteiger partial charge in [-0.05, 0) is 0 Å². The Morgan fingerprint density at radius 1 is 1.62 bits per heavy atom. The summed E-state index contributed by atoms with van der Waals surface area (Å²) in [6, 6.07) is 0. The number of cyclic esters (lactones) is 1. The van der Waals surface area contributed by atoms with Gasteiger partial charge in [0.25, 0.3) is 0 Å². The maximum atomic E-state index is 10.5. The smallest absolute Gasteiger partial charge is 0.332 e. The molecule has 8 heavy (non-hydrogen) atoms. The lowest BCUT2D eigenvalue weighted by atomic mass is 10.3. The Balaban J connectivity index is 2.68. The molecule has 0 aromatic rings. The third-order valence-corrected chi connectivity index (χ3v) is 1.82. The minimum atomic E-state index is -0.819. The predicted octanol–water partition coefficient (Wildman–Crippen LogP) is 0.489. The van der Waals surface area contributed by atoms with E-state index in [0.29, 0.717) is 13.0 Å². The molecule has 0 aliphatic carbocycles. The Morgan fingerprint density at radius 3 is 2.38 bits per heavy atom. The van der Waals surface area contributed by atoms with E-state index in [4.69, 9.17) is 0 Å². The minimum absolute atomic E-state index is 0.329. The molecule has 0 aromatic carbocycles. The summed E-state index contributed by atoms with van der Waals surface area (Å²) in [6.07, 6.45) is 0.595. The summed E-state index contributed by atoms with van der Waals surface area (Å²) >= 11 is 7.87. The normalized spacial score (nSPS) is 25.5. The molecule has 2 nitrogen and oxygen atoms in total. The number of thiol groups is 2. The standard InChI is InChI=1S/C4H6O2S2/c5-3-4(7,8)1-2-6-3/h7-8H,1-2H2. The molecule has 46 valence electrons. The van der Waals surface area contributed by atoms with Crippen LogP contribution in [0, 0.1) is 0 Å². The first-order valence-corrected chi connectivity index (χ1v) is 3.14. The van der Waals surface area contributed by atoms with Gasteiger partial charge in [-0.2, -0.15) is 25.3 Å². The SMILES string of the molecule is O=C1OCCC1(S)S. The topological polar surface area (TPSA) is 26.3 Å². The average molecular weight is 150 g/mol. The molecule has 0 N–H and O–H groups in total. The van der Waals surface area contributed by atoms with Crippen LogP contribution < -0.4 is 0 Å². The minimum Gasteiger partial charge on any atom is -0.464 e. The second-order valence-corrected chi connectivity index (χ2v) is 3.58. The highest BCUT2D eigenvalue weighted by atomic mass is 32.2. The molecule has 0 aromatic heterocycles. The molecule has 0 unspecified atom stereocenters. The van der Waals surface area contributed by atoms with E-state index >= 15 is 0 Å². The summed E-state index contributed by atoms with van der Waals surface area (Å²) in [5, 5.41) is 0. The molecule has 0 amide bonds. The summed E-state index contributed by atoms with van der Waals surface area (Å²) < 4.78 is 3.76. The molecule has 1 heterocycles. The quantitative estimate of drug-likeness (QED) is 0.298. The van der Waals surface area contributed by atoms with Crippen molar-refractivity contribution in [1.29, 1.82) is 0 Å². The van der Waals surface area contributed by atoms with Crippen molar-refractivity contribution >= 4 is 31.2 Å². The molecule has 0 spiro atoms. The Kier molecular flexibility index (Phi) is 1.45. The van der Waals surface area contributed by atoms with Crippen molar-refractivity contribution in [3.05, 3.63) is 0 Å². The number of hydrogen-bond acceptors (Lipinski definition) is 4. The Morgan fingerprint density at radius 2 is 2.25 bits per heavy atom. The van der Waals surface area contributed by atoms with E-state index in [0.717, 1.165) is 0 Å². The van der Waals surface area contributed by atoms with E-state index in [1.54, 1.807) is 0 Å². The summed E-state index contributed by atoms with van der Waals surface area (Å²) in [5.74, 6) is -0.329. The zero-order chi connectivity index (χ0) is 6.20. The van der Waals surface area contributed by atoms with Crippen LogP contribution in [0.3, 0.4) is 0 Å². The van der Waals surface area contributed by atoms with Crippen molar-refractivity contribution in [3.63, 3.8) is 0 Å². The average Bonchev–Trinajstić information content (AvgIpc) is 1.86. The molecule has 0 saturated carbocycles. The van der Waals surface area contributed by atoms with Crippen LogP contribution >= 0.6 is 25.3 Å². The van der Waals surface area contributed by atoms with Crippen molar-refractivity contribution < 1.29 is 9.53 Å². The first-order valence-electron chi connectivity index (χ1n) is 2.25. The van der Waals surface area contributed by atoms with Gasteiger partial charge in [-0.25, -0.2) is 4.79 Å². The summed E-state index contributed by atoms with van der Waals surface area (Å²) in [5.41, 5.74) is 0. The molecule has 1 aliphatic rings. The molecular weight excluding hydrogens is 144 g/mol. The highest BCUT2D eigenvalue weighted by Crippen LogP contribution is 2.30. The number of hydrogen-bond donors (Lipinski definition) is 2. The fraction of sp³-hybridized carbons (Fsp3) is 0.750. The van der Waals surface area contributed by atoms with E-state index in [1.807, 2.05) is 0 Å². The van der Waals surface area contributed by atoms with E-state index in [-0.39, 0.29) is 5.97 Å². The molecule has 1 aliphatic heterocycles. The van der Waals surface area contributed by atoms with Crippen LogP contribution in [0.2, 0.25) is 0 Å². The molecule has 0 bridgehead atoms. The number of rotatable bonds is 0. The number of ether oxygens (including phenoxy) is 1. The summed E-state index contributed by atoms with van der Waals surface area (Å²) in [6.45, 7) is 0.450. The second kappa shape index (κ2) is 1.84. The van der Waals surface area contributed by atoms with E-state index in [1.165, 1.54) is 0 Å². The van der Waals surface area contributed by atoms with Crippen LogP contribution in [0.4, 0.5) is 0 Å². The van der Waals surface area contributed by atoms with Crippen LogP contribution in [0.5, 0.6) is 0 Å². The number of carbonyl (C=O) groups is 1. The van der Waals surface area contributed by atoms with E-state index in [9.17, 15) is 4.79 Å². The van der Waals surface area contributed by atoms with Crippen molar-refractivity contribution in [3.8, 4) is 0 Å². The lowest BCUT2D eigenvalue weighted by Gasteiger charge is -2.05. The van der Waals surface area contributed by atoms with Crippen LogP contribution in [0.1, 0.15) is 6.42 Å². The van der Waals surface area contributed by atoms with E-state index in [2.05, 4.69) is 30.0 Å². The van der Waals surface area contributed by atoms with Gasteiger partial charge in [0, 0.05) is 6.42 Å². The Hall–Kier alpha value is 0.170. The van der Waals surface area contributed by atoms with Crippen molar-refractivity contribution in [2.75, 3.05) is 6.61 Å². The monoisotopic (exact) mass is 150 g/mol. The van der Waals surface area contributed by atoms with E-state index < -0.39 is 4.08 Å². The van der Waals surface area contributed by atoms with Gasteiger partial charge in [0.15, 0.2) is 4.08 Å². The third kappa shape index (κ3) is 0.951. The van der Waals surface area contributed by atoms with Crippen molar-refractivity contribution in [1.82, 2.24) is 0 Å². The first kappa shape index (κ1) is 6.29. The van der Waals surface area contributed by atoms with Crippen LogP contribution in [0.15, 0.2) is 0 Å². The zero-order valence-electron chi connectivity index (χ0n) is 4.13. The molecule has 4 heteroatoms. The van der Waals surface area contributed by atoms with Crippen LogP contribution in [0.25, 0.3) is 0 Å². The molecule has 0 radical (unpaired) electrons. The Bertz CT molecular complexity index is 121. The molecule has 1 saturated heterocycles. The van der Waals surface area contributed by atoms with Gasteiger partial charge in [0.2, 0.25) is 0 Å². The molecule has 1 rings (SSSR count). The zero-order valence-corrected chi connectivity index (χ0v) is 5.91. The lowest BCUT2D eigenvalue weighted by Crippen LogP contribution is -2.18. The van der Waals surface area contributed by atoms with Gasteiger partial charge >= 0.3 is 5.97 Å². The Labute approximate surface area is 58.4 Å².